The minimum Gasteiger partial charge on any atom is -0.497 e. The number of hydrogen-bond acceptors (Lipinski definition) is 5. The van der Waals surface area contributed by atoms with Crippen molar-refractivity contribution in [1.29, 1.82) is 0 Å². The Labute approximate surface area is 170 Å². The fourth-order valence-corrected chi connectivity index (χ4v) is 2.92. The van der Waals surface area contributed by atoms with Gasteiger partial charge in [0, 0.05) is 30.5 Å². The first-order valence-electron chi connectivity index (χ1n) is 9.42. The first-order valence-corrected chi connectivity index (χ1v) is 9.42. The molecule has 1 amide bonds. The van der Waals surface area contributed by atoms with E-state index in [1.807, 2.05) is 54.6 Å². The first-order chi connectivity index (χ1) is 14.2. The fourth-order valence-electron chi connectivity index (χ4n) is 2.92. The Morgan fingerprint density at radius 1 is 1.00 bits per heavy atom. The van der Waals surface area contributed by atoms with Crippen LogP contribution in [0.5, 0.6) is 11.5 Å². The van der Waals surface area contributed by atoms with E-state index in [9.17, 15) is 4.79 Å². The molecule has 6 heteroatoms. The lowest BCUT2D eigenvalue weighted by atomic mass is 10.1. The number of para-hydroxylation sites is 1. The molecule has 0 aliphatic carbocycles. The second-order valence-electron chi connectivity index (χ2n) is 6.45. The van der Waals surface area contributed by atoms with Gasteiger partial charge < -0.3 is 20.1 Å². The third-order valence-corrected chi connectivity index (χ3v) is 4.53. The molecule has 0 bridgehead atoms. The van der Waals surface area contributed by atoms with Crippen LogP contribution in [0.1, 0.15) is 21.6 Å². The number of benzene rings is 2. The molecule has 0 aliphatic rings. The van der Waals surface area contributed by atoms with Gasteiger partial charge in [-0.1, -0.05) is 30.3 Å². The number of ether oxygens (including phenoxy) is 2. The van der Waals surface area contributed by atoms with E-state index in [0.717, 1.165) is 35.7 Å². The lowest BCUT2D eigenvalue weighted by Gasteiger charge is -2.10. The zero-order valence-corrected chi connectivity index (χ0v) is 16.6. The van der Waals surface area contributed by atoms with Crippen molar-refractivity contribution in [3.8, 4) is 11.5 Å². The van der Waals surface area contributed by atoms with Crippen LogP contribution in [0.4, 0.5) is 5.69 Å². The molecular weight excluding hydrogens is 366 g/mol. The summed E-state index contributed by atoms with van der Waals surface area (Å²) < 4.78 is 10.5. The van der Waals surface area contributed by atoms with Crippen molar-refractivity contribution in [3.05, 3.63) is 83.7 Å². The van der Waals surface area contributed by atoms with Crippen molar-refractivity contribution in [2.45, 2.75) is 13.0 Å². The van der Waals surface area contributed by atoms with Crippen LogP contribution >= 0.6 is 0 Å². The van der Waals surface area contributed by atoms with Crippen LogP contribution in [0.25, 0.3) is 0 Å². The van der Waals surface area contributed by atoms with Crippen LogP contribution in [-0.4, -0.2) is 31.7 Å². The number of nitrogens with one attached hydrogen (secondary N) is 2. The Hall–Kier alpha value is -3.54. The average Bonchev–Trinajstić information content (AvgIpc) is 2.78. The van der Waals surface area contributed by atoms with E-state index in [1.165, 1.54) is 5.56 Å². The van der Waals surface area contributed by atoms with Crippen molar-refractivity contribution < 1.29 is 14.3 Å². The van der Waals surface area contributed by atoms with Crippen LogP contribution in [-0.2, 0) is 13.0 Å². The highest BCUT2D eigenvalue weighted by Gasteiger charge is 2.09. The predicted molar refractivity (Wildman–Crippen MR) is 114 cm³/mol. The second kappa shape index (κ2) is 10.1. The highest BCUT2D eigenvalue weighted by atomic mass is 16.5. The summed E-state index contributed by atoms with van der Waals surface area (Å²) in [6, 6.07) is 19.2. The van der Waals surface area contributed by atoms with Gasteiger partial charge in [0.2, 0.25) is 0 Å². The topological polar surface area (TPSA) is 72.5 Å². The fraction of sp³-hybridized carbons (Fsp3) is 0.217. The third-order valence-electron chi connectivity index (χ3n) is 4.53. The quantitative estimate of drug-likeness (QED) is 0.582. The van der Waals surface area contributed by atoms with E-state index in [0.29, 0.717) is 12.2 Å². The molecule has 0 unspecified atom stereocenters. The van der Waals surface area contributed by atoms with Gasteiger partial charge in [0.15, 0.2) is 0 Å². The summed E-state index contributed by atoms with van der Waals surface area (Å²) in [7, 11) is 3.27. The minimum absolute atomic E-state index is 0.227. The summed E-state index contributed by atoms with van der Waals surface area (Å²) in [6.45, 7) is 1.12. The maximum atomic E-state index is 12.5. The SMILES string of the molecule is COc1ccc(CCNc2ccnc(C(=O)NCc3ccccc3OC)c2)cc1. The van der Waals surface area contributed by atoms with Crippen molar-refractivity contribution in [1.82, 2.24) is 10.3 Å². The van der Waals surface area contributed by atoms with Crippen molar-refractivity contribution in [3.63, 3.8) is 0 Å². The molecule has 0 aliphatic heterocycles. The molecule has 0 radical (unpaired) electrons. The lowest BCUT2D eigenvalue weighted by Crippen LogP contribution is -2.24. The summed E-state index contributed by atoms with van der Waals surface area (Å²) in [6.07, 6.45) is 2.50. The number of methoxy groups -OCH3 is 2. The van der Waals surface area contributed by atoms with Crippen LogP contribution in [0.3, 0.4) is 0 Å². The van der Waals surface area contributed by atoms with E-state index < -0.39 is 0 Å². The van der Waals surface area contributed by atoms with E-state index in [2.05, 4.69) is 15.6 Å². The van der Waals surface area contributed by atoms with Crippen LogP contribution in [0.2, 0.25) is 0 Å². The smallest absolute Gasteiger partial charge is 0.270 e. The van der Waals surface area contributed by atoms with Gasteiger partial charge in [0.1, 0.15) is 17.2 Å². The number of nitrogens with zero attached hydrogens (tertiary/aromatic N) is 1. The van der Waals surface area contributed by atoms with Crippen molar-refractivity contribution in [2.24, 2.45) is 0 Å². The van der Waals surface area contributed by atoms with E-state index >= 15 is 0 Å². The Morgan fingerprint density at radius 3 is 2.55 bits per heavy atom. The van der Waals surface area contributed by atoms with Gasteiger partial charge in [-0.05, 0) is 42.3 Å². The molecule has 0 atom stereocenters. The molecule has 0 spiro atoms. The van der Waals surface area contributed by atoms with Crippen molar-refractivity contribution in [2.75, 3.05) is 26.1 Å². The molecule has 6 nitrogen and oxygen atoms in total. The number of anilines is 1. The molecule has 2 N–H and O–H groups in total. The average molecular weight is 391 g/mol. The Bertz CT molecular complexity index is 942. The van der Waals surface area contributed by atoms with Gasteiger partial charge in [-0.25, -0.2) is 0 Å². The zero-order chi connectivity index (χ0) is 20.5. The molecule has 150 valence electrons. The molecule has 3 rings (SSSR count). The zero-order valence-electron chi connectivity index (χ0n) is 16.6. The van der Waals surface area contributed by atoms with Gasteiger partial charge in [0.05, 0.1) is 14.2 Å². The standard InChI is InChI=1S/C23H25N3O3/c1-28-20-9-7-17(8-10-20)11-13-24-19-12-14-25-21(15-19)23(27)26-16-18-5-3-4-6-22(18)29-2/h3-10,12,14-15H,11,13,16H2,1-2H3,(H,24,25)(H,26,27). The number of amides is 1. The maximum absolute atomic E-state index is 12.5. The molecule has 0 fully saturated rings. The van der Waals surface area contributed by atoms with Crippen LogP contribution in [0.15, 0.2) is 66.9 Å². The summed E-state index contributed by atoms with van der Waals surface area (Å²) >= 11 is 0. The molecule has 0 saturated heterocycles. The lowest BCUT2D eigenvalue weighted by molar-refractivity contribution is 0.0945. The van der Waals surface area contributed by atoms with Crippen LogP contribution in [0, 0.1) is 0 Å². The molecule has 1 heterocycles. The number of aromatic nitrogens is 1. The number of carbonyl (C=O) groups is 1. The maximum Gasteiger partial charge on any atom is 0.270 e. The normalized spacial score (nSPS) is 10.3. The summed E-state index contributed by atoms with van der Waals surface area (Å²) in [5, 5.41) is 6.23. The first kappa shape index (κ1) is 20.2. The number of pyridine rings is 1. The number of hydrogen-bond donors (Lipinski definition) is 2. The number of rotatable bonds is 9. The molecule has 0 saturated carbocycles. The largest absolute Gasteiger partial charge is 0.497 e. The molecule has 3 aromatic rings. The van der Waals surface area contributed by atoms with Crippen molar-refractivity contribution >= 4 is 11.6 Å². The Morgan fingerprint density at radius 2 is 1.79 bits per heavy atom. The molecule has 2 aromatic carbocycles. The summed E-state index contributed by atoms with van der Waals surface area (Å²) in [5.74, 6) is 1.36. The van der Waals surface area contributed by atoms with Crippen LogP contribution < -0.4 is 20.1 Å². The summed E-state index contributed by atoms with van der Waals surface area (Å²) in [4.78, 5) is 16.7. The number of carbonyl (C=O) groups excluding carboxylic acids is 1. The highest BCUT2D eigenvalue weighted by Crippen LogP contribution is 2.17. The predicted octanol–water partition coefficient (Wildman–Crippen LogP) is 3.68. The van der Waals surface area contributed by atoms with Gasteiger partial charge in [-0.2, -0.15) is 0 Å². The van der Waals surface area contributed by atoms with E-state index in [-0.39, 0.29) is 5.91 Å². The highest BCUT2D eigenvalue weighted by molar-refractivity contribution is 5.93. The minimum atomic E-state index is -0.227. The monoisotopic (exact) mass is 391 g/mol. The van der Waals surface area contributed by atoms with Gasteiger partial charge in [-0.3, -0.25) is 9.78 Å². The molecule has 1 aromatic heterocycles. The Balaban J connectivity index is 1.53. The van der Waals surface area contributed by atoms with E-state index in [1.54, 1.807) is 26.5 Å². The summed E-state index contributed by atoms with van der Waals surface area (Å²) in [5.41, 5.74) is 3.35. The Kier molecular flexibility index (Phi) is 7.05. The van der Waals surface area contributed by atoms with E-state index in [4.69, 9.17) is 9.47 Å². The second-order valence-corrected chi connectivity index (χ2v) is 6.45. The molecular formula is C23H25N3O3. The van der Waals surface area contributed by atoms with Gasteiger partial charge in [-0.15, -0.1) is 0 Å². The van der Waals surface area contributed by atoms with Gasteiger partial charge in [0.25, 0.3) is 5.91 Å². The third kappa shape index (κ3) is 5.72. The molecule has 29 heavy (non-hydrogen) atoms. The van der Waals surface area contributed by atoms with Gasteiger partial charge >= 0.3 is 0 Å².